The maximum Gasteiger partial charge on any atom is 0.255 e. The van der Waals surface area contributed by atoms with E-state index in [1.807, 2.05) is 90.6 Å². The Morgan fingerprint density at radius 3 is 2.70 bits per heavy atom. The number of benzene rings is 2. The number of carbonyl (C=O) groups excluding carboxylic acids is 1. The highest BCUT2D eigenvalue weighted by molar-refractivity contribution is 6.04. The Balaban J connectivity index is 1.39. The summed E-state index contributed by atoms with van der Waals surface area (Å²) >= 11 is 0. The molecular formula is C24H24N4O2. The van der Waals surface area contributed by atoms with E-state index in [4.69, 9.17) is 4.74 Å². The summed E-state index contributed by atoms with van der Waals surface area (Å²) in [5.41, 5.74) is 4.10. The fraction of sp³-hybridized carbons (Fsp3) is 0.167. The van der Waals surface area contributed by atoms with Crippen molar-refractivity contribution in [1.82, 2.24) is 9.38 Å². The average Bonchev–Trinajstić information content (AvgIpc) is 3.20. The number of nitrogens with zero attached hydrogens (tertiary/aromatic N) is 3. The number of carbonyl (C=O) groups is 1. The quantitative estimate of drug-likeness (QED) is 0.492. The summed E-state index contributed by atoms with van der Waals surface area (Å²) in [5.74, 6) is 0.517. The smallest absolute Gasteiger partial charge is 0.255 e. The van der Waals surface area contributed by atoms with Crippen molar-refractivity contribution in [2.45, 2.75) is 13.5 Å². The van der Waals surface area contributed by atoms with E-state index in [-0.39, 0.29) is 5.91 Å². The lowest BCUT2D eigenvalue weighted by atomic mass is 10.1. The van der Waals surface area contributed by atoms with Crippen molar-refractivity contribution in [1.29, 1.82) is 0 Å². The number of imidazole rings is 1. The van der Waals surface area contributed by atoms with Gasteiger partial charge in [0.1, 0.15) is 18.0 Å². The van der Waals surface area contributed by atoms with Crippen LogP contribution in [0.2, 0.25) is 0 Å². The van der Waals surface area contributed by atoms with Gasteiger partial charge >= 0.3 is 0 Å². The molecular weight excluding hydrogens is 376 g/mol. The standard InChI is InChI=1S/C24H24N4O2/c1-3-27(2)21-12-10-18(11-13-21)24(29)26-19-7-6-8-22(15-19)30-17-20-16-28-14-5-4-9-23(28)25-20/h4-16H,3,17H2,1-2H3,(H,26,29). The van der Waals surface area contributed by atoms with E-state index in [9.17, 15) is 4.79 Å². The first-order chi connectivity index (χ1) is 14.6. The third kappa shape index (κ3) is 4.43. The molecule has 1 amide bonds. The summed E-state index contributed by atoms with van der Waals surface area (Å²) in [5, 5.41) is 2.93. The van der Waals surface area contributed by atoms with Gasteiger partial charge in [0.2, 0.25) is 0 Å². The first-order valence-electron chi connectivity index (χ1n) is 9.90. The van der Waals surface area contributed by atoms with E-state index >= 15 is 0 Å². The lowest BCUT2D eigenvalue weighted by molar-refractivity contribution is 0.102. The van der Waals surface area contributed by atoms with Crippen LogP contribution in [0, 0.1) is 0 Å². The van der Waals surface area contributed by atoms with Crippen LogP contribution in [0.5, 0.6) is 5.75 Å². The Morgan fingerprint density at radius 2 is 1.93 bits per heavy atom. The SMILES string of the molecule is CCN(C)c1ccc(C(=O)Nc2cccc(OCc3cn4ccccc4n3)c2)cc1. The molecule has 6 heteroatoms. The van der Waals surface area contributed by atoms with Crippen LogP contribution in [0.3, 0.4) is 0 Å². The average molecular weight is 400 g/mol. The third-order valence-electron chi connectivity index (χ3n) is 4.94. The second kappa shape index (κ2) is 8.69. The number of rotatable bonds is 7. The van der Waals surface area contributed by atoms with Crippen LogP contribution in [0.15, 0.2) is 79.1 Å². The molecule has 0 unspecified atom stereocenters. The lowest BCUT2D eigenvalue weighted by Crippen LogP contribution is -2.16. The Bertz CT molecular complexity index is 1120. The van der Waals surface area contributed by atoms with Crippen LogP contribution in [0.4, 0.5) is 11.4 Å². The summed E-state index contributed by atoms with van der Waals surface area (Å²) in [6.45, 7) is 3.35. The zero-order valence-corrected chi connectivity index (χ0v) is 17.1. The minimum Gasteiger partial charge on any atom is -0.487 e. The van der Waals surface area contributed by atoms with Gasteiger partial charge in [-0.3, -0.25) is 4.79 Å². The van der Waals surface area contributed by atoms with Crippen molar-refractivity contribution >= 4 is 22.9 Å². The maximum atomic E-state index is 12.6. The highest BCUT2D eigenvalue weighted by Crippen LogP contribution is 2.20. The molecule has 0 radical (unpaired) electrons. The van der Waals surface area contributed by atoms with Crippen LogP contribution in [-0.4, -0.2) is 28.9 Å². The van der Waals surface area contributed by atoms with Crippen LogP contribution in [-0.2, 0) is 6.61 Å². The van der Waals surface area contributed by atoms with Crippen LogP contribution in [0.1, 0.15) is 23.0 Å². The molecule has 1 N–H and O–H groups in total. The number of ether oxygens (including phenoxy) is 1. The molecule has 0 aliphatic carbocycles. The van der Waals surface area contributed by atoms with Gasteiger partial charge < -0.3 is 19.4 Å². The van der Waals surface area contributed by atoms with Gasteiger partial charge in [0.05, 0.1) is 5.69 Å². The minimum atomic E-state index is -0.154. The van der Waals surface area contributed by atoms with E-state index in [1.165, 1.54) is 0 Å². The molecule has 0 spiro atoms. The minimum absolute atomic E-state index is 0.154. The van der Waals surface area contributed by atoms with Crippen molar-refractivity contribution < 1.29 is 9.53 Å². The van der Waals surface area contributed by atoms with Gasteiger partial charge in [0.25, 0.3) is 5.91 Å². The molecule has 2 heterocycles. The molecule has 152 valence electrons. The monoisotopic (exact) mass is 400 g/mol. The lowest BCUT2D eigenvalue weighted by Gasteiger charge is -2.16. The first kappa shape index (κ1) is 19.5. The molecule has 6 nitrogen and oxygen atoms in total. The molecule has 2 aromatic heterocycles. The van der Waals surface area contributed by atoms with Crippen molar-refractivity contribution in [3.05, 3.63) is 90.4 Å². The summed E-state index contributed by atoms with van der Waals surface area (Å²) < 4.78 is 7.83. The van der Waals surface area contributed by atoms with Gasteiger partial charge in [-0.15, -0.1) is 0 Å². The van der Waals surface area contributed by atoms with Crippen LogP contribution < -0.4 is 15.0 Å². The molecule has 0 aliphatic heterocycles. The number of pyridine rings is 1. The van der Waals surface area contributed by atoms with E-state index in [2.05, 4.69) is 22.1 Å². The zero-order chi connectivity index (χ0) is 20.9. The number of anilines is 2. The van der Waals surface area contributed by atoms with E-state index in [0.29, 0.717) is 23.6 Å². The number of aromatic nitrogens is 2. The molecule has 2 aromatic carbocycles. The Kier molecular flexibility index (Phi) is 5.66. The van der Waals surface area contributed by atoms with Crippen molar-refractivity contribution in [2.24, 2.45) is 0 Å². The molecule has 4 aromatic rings. The number of nitrogens with one attached hydrogen (secondary N) is 1. The normalized spacial score (nSPS) is 10.7. The highest BCUT2D eigenvalue weighted by Gasteiger charge is 2.08. The second-order valence-corrected chi connectivity index (χ2v) is 7.03. The third-order valence-corrected chi connectivity index (χ3v) is 4.94. The van der Waals surface area contributed by atoms with Crippen molar-refractivity contribution in [2.75, 3.05) is 23.8 Å². The molecule has 0 bridgehead atoms. The Morgan fingerprint density at radius 1 is 1.10 bits per heavy atom. The number of amides is 1. The Labute approximate surface area is 175 Å². The highest BCUT2D eigenvalue weighted by atomic mass is 16.5. The summed E-state index contributed by atoms with van der Waals surface area (Å²) in [4.78, 5) is 19.2. The van der Waals surface area contributed by atoms with Crippen molar-refractivity contribution in [3.63, 3.8) is 0 Å². The van der Waals surface area contributed by atoms with Crippen molar-refractivity contribution in [3.8, 4) is 5.75 Å². The Hall–Kier alpha value is -3.80. The van der Waals surface area contributed by atoms with Crippen LogP contribution >= 0.6 is 0 Å². The fourth-order valence-corrected chi connectivity index (χ4v) is 3.13. The topological polar surface area (TPSA) is 58.9 Å². The summed E-state index contributed by atoms with van der Waals surface area (Å²) in [7, 11) is 2.02. The molecule has 0 saturated carbocycles. The van der Waals surface area contributed by atoms with Gasteiger partial charge in [-0.2, -0.15) is 0 Å². The van der Waals surface area contributed by atoms with Gasteiger partial charge in [0, 0.05) is 49.0 Å². The molecule has 0 saturated heterocycles. The summed E-state index contributed by atoms with van der Waals surface area (Å²) in [6, 6.07) is 20.8. The van der Waals surface area contributed by atoms with Crippen LogP contribution in [0.25, 0.3) is 5.65 Å². The first-order valence-corrected chi connectivity index (χ1v) is 9.90. The van der Waals surface area contributed by atoms with Gasteiger partial charge in [0.15, 0.2) is 0 Å². The number of hydrogen-bond donors (Lipinski definition) is 1. The molecule has 0 aliphatic rings. The predicted octanol–water partition coefficient (Wildman–Crippen LogP) is 4.62. The predicted molar refractivity (Wildman–Crippen MR) is 119 cm³/mol. The van der Waals surface area contributed by atoms with Gasteiger partial charge in [-0.1, -0.05) is 12.1 Å². The second-order valence-electron chi connectivity index (χ2n) is 7.03. The summed E-state index contributed by atoms with van der Waals surface area (Å²) in [6.07, 6.45) is 3.90. The van der Waals surface area contributed by atoms with E-state index in [1.54, 1.807) is 0 Å². The maximum absolute atomic E-state index is 12.6. The largest absolute Gasteiger partial charge is 0.487 e. The number of hydrogen-bond acceptors (Lipinski definition) is 4. The van der Waals surface area contributed by atoms with Gasteiger partial charge in [-0.25, -0.2) is 4.98 Å². The van der Waals surface area contributed by atoms with E-state index in [0.717, 1.165) is 23.6 Å². The zero-order valence-electron chi connectivity index (χ0n) is 17.1. The molecule has 4 rings (SSSR count). The molecule has 0 fully saturated rings. The fourth-order valence-electron chi connectivity index (χ4n) is 3.13. The van der Waals surface area contributed by atoms with Gasteiger partial charge in [-0.05, 0) is 55.5 Å². The van der Waals surface area contributed by atoms with E-state index < -0.39 is 0 Å². The molecule has 0 atom stereocenters. The molecule has 30 heavy (non-hydrogen) atoms. The number of fused-ring (bicyclic) bond motifs is 1.